The smallest absolute Gasteiger partial charge is 0.253 e. The number of rotatable bonds is 7. The number of likely N-dealkylation sites (N-methyl/N-ethyl adjacent to an activating group) is 1. The molecule has 0 bridgehead atoms. The van der Waals surface area contributed by atoms with Crippen molar-refractivity contribution in [3.05, 3.63) is 71.5 Å². The quantitative estimate of drug-likeness (QED) is 0.698. The van der Waals surface area contributed by atoms with Crippen LogP contribution in [0.4, 0.5) is 10.8 Å². The molecule has 0 aliphatic rings. The Morgan fingerprint density at radius 3 is 2.76 bits per heavy atom. The second kappa shape index (κ2) is 8.39. The fraction of sp³-hybridized carbons (Fsp3) is 0.211. The molecule has 2 aromatic heterocycles. The molecule has 0 atom stereocenters. The molecule has 0 saturated carbocycles. The van der Waals surface area contributed by atoms with Gasteiger partial charge in [0.15, 0.2) is 5.13 Å². The van der Waals surface area contributed by atoms with Gasteiger partial charge in [-0.3, -0.25) is 9.78 Å². The lowest BCUT2D eigenvalue weighted by Crippen LogP contribution is -2.32. The van der Waals surface area contributed by atoms with Gasteiger partial charge < -0.3 is 10.2 Å². The van der Waals surface area contributed by atoms with Crippen LogP contribution in [0.2, 0.25) is 0 Å². The van der Waals surface area contributed by atoms with Crippen molar-refractivity contribution in [2.75, 3.05) is 18.4 Å². The first-order valence-corrected chi connectivity index (χ1v) is 9.09. The normalized spacial score (nSPS) is 10.4. The van der Waals surface area contributed by atoms with E-state index in [4.69, 9.17) is 0 Å². The molecule has 0 aliphatic carbocycles. The maximum absolute atomic E-state index is 12.8. The first kappa shape index (κ1) is 17.1. The van der Waals surface area contributed by atoms with Crippen molar-refractivity contribution in [3.63, 3.8) is 0 Å². The summed E-state index contributed by atoms with van der Waals surface area (Å²) in [5, 5.41) is 5.95. The summed E-state index contributed by atoms with van der Waals surface area (Å²) in [5.41, 5.74) is 2.73. The monoisotopic (exact) mass is 352 g/mol. The van der Waals surface area contributed by atoms with E-state index in [2.05, 4.69) is 15.3 Å². The van der Waals surface area contributed by atoms with Gasteiger partial charge in [-0.05, 0) is 49.2 Å². The molecular weight excluding hydrogens is 332 g/mol. The highest BCUT2D eigenvalue weighted by atomic mass is 32.1. The Morgan fingerprint density at radius 1 is 1.20 bits per heavy atom. The van der Waals surface area contributed by atoms with Crippen molar-refractivity contribution in [1.82, 2.24) is 14.9 Å². The van der Waals surface area contributed by atoms with Gasteiger partial charge in [0, 0.05) is 48.3 Å². The van der Waals surface area contributed by atoms with E-state index in [0.717, 1.165) is 17.2 Å². The molecule has 3 aromatic rings. The predicted octanol–water partition coefficient (Wildman–Crippen LogP) is 3.99. The second-order valence-electron chi connectivity index (χ2n) is 5.53. The molecule has 0 fully saturated rings. The number of benzene rings is 1. The number of carbonyl (C=O) groups excluding carboxylic acids is 1. The zero-order valence-corrected chi connectivity index (χ0v) is 14.9. The van der Waals surface area contributed by atoms with Crippen molar-refractivity contribution >= 4 is 28.1 Å². The summed E-state index contributed by atoms with van der Waals surface area (Å²) in [6.45, 7) is 3.36. The third kappa shape index (κ3) is 4.64. The highest BCUT2D eigenvalue weighted by Crippen LogP contribution is 2.20. The van der Waals surface area contributed by atoms with E-state index in [9.17, 15) is 4.79 Å². The summed E-state index contributed by atoms with van der Waals surface area (Å²) in [6, 6.07) is 11.5. The molecule has 0 saturated heterocycles. The Morgan fingerprint density at radius 2 is 2.04 bits per heavy atom. The van der Waals surface area contributed by atoms with Crippen LogP contribution < -0.4 is 5.32 Å². The predicted molar refractivity (Wildman–Crippen MR) is 101 cm³/mol. The van der Waals surface area contributed by atoms with E-state index in [1.54, 1.807) is 18.6 Å². The van der Waals surface area contributed by atoms with Gasteiger partial charge in [-0.1, -0.05) is 6.07 Å². The molecule has 25 heavy (non-hydrogen) atoms. The summed E-state index contributed by atoms with van der Waals surface area (Å²) in [5.74, 6) is 0.0411. The largest absolute Gasteiger partial charge is 0.339 e. The molecule has 0 unspecified atom stereocenters. The molecule has 6 heteroatoms. The van der Waals surface area contributed by atoms with E-state index in [1.807, 2.05) is 53.6 Å². The highest BCUT2D eigenvalue weighted by molar-refractivity contribution is 7.13. The van der Waals surface area contributed by atoms with Crippen molar-refractivity contribution in [1.29, 1.82) is 0 Å². The van der Waals surface area contributed by atoms with Crippen molar-refractivity contribution in [3.8, 4) is 0 Å². The molecule has 1 amide bonds. The molecule has 128 valence electrons. The lowest BCUT2D eigenvalue weighted by molar-refractivity contribution is 0.0766. The molecule has 1 aromatic carbocycles. The standard InChI is InChI=1S/C19H20N4OS/c1-2-23(12-8-15-6-9-20-10-7-15)18(24)16-4-3-5-17(14-16)22-19-21-11-13-25-19/h3-7,9-11,13-14H,2,8,12H2,1H3,(H,21,22). The fourth-order valence-electron chi connectivity index (χ4n) is 2.54. The molecule has 0 aliphatic heterocycles. The van der Waals surface area contributed by atoms with E-state index in [1.165, 1.54) is 16.9 Å². The first-order valence-electron chi connectivity index (χ1n) is 8.21. The third-order valence-electron chi connectivity index (χ3n) is 3.88. The summed E-state index contributed by atoms with van der Waals surface area (Å²) >= 11 is 1.53. The zero-order chi connectivity index (χ0) is 17.5. The Bertz CT molecular complexity index is 805. The maximum atomic E-state index is 12.8. The SMILES string of the molecule is CCN(CCc1ccncc1)C(=O)c1cccc(Nc2nccs2)c1. The molecular formula is C19H20N4OS. The Balaban J connectivity index is 1.67. The molecule has 1 N–H and O–H groups in total. The summed E-state index contributed by atoms with van der Waals surface area (Å²) < 4.78 is 0. The van der Waals surface area contributed by atoms with E-state index < -0.39 is 0 Å². The van der Waals surface area contributed by atoms with Crippen LogP contribution in [0.25, 0.3) is 0 Å². The van der Waals surface area contributed by atoms with Crippen LogP contribution in [0.5, 0.6) is 0 Å². The van der Waals surface area contributed by atoms with Gasteiger partial charge in [-0.15, -0.1) is 11.3 Å². The number of hydrogen-bond donors (Lipinski definition) is 1. The van der Waals surface area contributed by atoms with E-state index >= 15 is 0 Å². The Labute approximate surface area is 151 Å². The maximum Gasteiger partial charge on any atom is 0.253 e. The molecule has 3 rings (SSSR count). The van der Waals surface area contributed by atoms with Crippen molar-refractivity contribution < 1.29 is 4.79 Å². The Kier molecular flexibility index (Phi) is 5.74. The van der Waals surface area contributed by atoms with Crippen LogP contribution in [0, 0.1) is 0 Å². The minimum atomic E-state index is 0.0411. The van der Waals surface area contributed by atoms with Gasteiger partial charge in [-0.2, -0.15) is 0 Å². The van der Waals surface area contributed by atoms with Crippen LogP contribution in [0.3, 0.4) is 0 Å². The topological polar surface area (TPSA) is 58.1 Å². The van der Waals surface area contributed by atoms with Crippen LogP contribution in [0.1, 0.15) is 22.8 Å². The van der Waals surface area contributed by atoms with Crippen molar-refractivity contribution in [2.24, 2.45) is 0 Å². The fourth-order valence-corrected chi connectivity index (χ4v) is 3.09. The van der Waals surface area contributed by atoms with Gasteiger partial charge in [0.05, 0.1) is 0 Å². The number of carbonyl (C=O) groups is 1. The van der Waals surface area contributed by atoms with Crippen LogP contribution in [-0.2, 0) is 6.42 Å². The minimum Gasteiger partial charge on any atom is -0.339 e. The van der Waals surface area contributed by atoms with Gasteiger partial charge in [0.25, 0.3) is 5.91 Å². The molecule has 5 nitrogen and oxygen atoms in total. The minimum absolute atomic E-state index is 0.0411. The van der Waals surface area contributed by atoms with Crippen LogP contribution >= 0.6 is 11.3 Å². The van der Waals surface area contributed by atoms with Gasteiger partial charge in [-0.25, -0.2) is 4.98 Å². The lowest BCUT2D eigenvalue weighted by atomic mass is 10.1. The number of pyridine rings is 1. The Hall–Kier alpha value is -2.73. The number of anilines is 2. The number of nitrogens with zero attached hydrogens (tertiary/aromatic N) is 3. The van der Waals surface area contributed by atoms with Gasteiger partial charge >= 0.3 is 0 Å². The average molecular weight is 352 g/mol. The average Bonchev–Trinajstić information content (AvgIpc) is 3.16. The van der Waals surface area contributed by atoms with Crippen molar-refractivity contribution in [2.45, 2.75) is 13.3 Å². The molecule has 0 radical (unpaired) electrons. The third-order valence-corrected chi connectivity index (χ3v) is 4.57. The zero-order valence-electron chi connectivity index (χ0n) is 14.1. The second-order valence-corrected chi connectivity index (χ2v) is 6.43. The summed E-state index contributed by atoms with van der Waals surface area (Å²) in [7, 11) is 0. The number of amides is 1. The molecule has 2 heterocycles. The highest BCUT2D eigenvalue weighted by Gasteiger charge is 2.14. The van der Waals surface area contributed by atoms with Gasteiger partial charge in [0.2, 0.25) is 0 Å². The summed E-state index contributed by atoms with van der Waals surface area (Å²) in [4.78, 5) is 22.9. The number of aromatic nitrogens is 2. The molecule has 0 spiro atoms. The van der Waals surface area contributed by atoms with Crippen LogP contribution in [-0.4, -0.2) is 33.9 Å². The van der Waals surface area contributed by atoms with E-state index in [0.29, 0.717) is 18.7 Å². The van der Waals surface area contributed by atoms with E-state index in [-0.39, 0.29) is 5.91 Å². The first-order chi connectivity index (χ1) is 12.3. The lowest BCUT2D eigenvalue weighted by Gasteiger charge is -2.21. The van der Waals surface area contributed by atoms with Gasteiger partial charge in [0.1, 0.15) is 0 Å². The summed E-state index contributed by atoms with van der Waals surface area (Å²) in [6.07, 6.45) is 6.13. The van der Waals surface area contributed by atoms with Crippen LogP contribution in [0.15, 0.2) is 60.4 Å². The number of hydrogen-bond acceptors (Lipinski definition) is 5. The number of nitrogens with one attached hydrogen (secondary N) is 1. The number of thiazole rings is 1.